The molecule has 0 unspecified atom stereocenters. The fraction of sp³-hybridized carbons (Fsp3) is 0.211. The van der Waals surface area contributed by atoms with Crippen molar-refractivity contribution in [3.63, 3.8) is 0 Å². The van der Waals surface area contributed by atoms with E-state index in [4.69, 9.17) is 4.52 Å². The molecular weight excluding hydrogens is 347 g/mol. The molecule has 2 aromatic heterocycles. The minimum atomic E-state index is -0.316. The van der Waals surface area contributed by atoms with Gasteiger partial charge in [-0.25, -0.2) is 4.39 Å². The van der Waals surface area contributed by atoms with Gasteiger partial charge in [0.25, 0.3) is 5.89 Å². The first-order valence-electron chi connectivity index (χ1n) is 8.55. The molecule has 0 aliphatic rings. The van der Waals surface area contributed by atoms with Crippen LogP contribution in [-0.2, 0) is 6.54 Å². The molecule has 7 nitrogen and oxygen atoms in total. The standard InChI is InChI=1S/C19H17FN6O/c1-12(2)13-3-5-15(6-4-13)19-22-25-26(23-19)11-17-21-18(24-27-17)14-7-9-16(20)10-8-14/h3-10,12H,11H2,1-2H3. The molecule has 0 bridgehead atoms. The fourth-order valence-corrected chi connectivity index (χ4v) is 2.60. The maximum absolute atomic E-state index is 13.0. The minimum absolute atomic E-state index is 0.200. The van der Waals surface area contributed by atoms with E-state index in [1.54, 1.807) is 12.1 Å². The molecule has 2 aromatic carbocycles. The Kier molecular flexibility index (Phi) is 4.45. The number of nitrogens with zero attached hydrogens (tertiary/aromatic N) is 6. The number of rotatable bonds is 5. The number of aromatic nitrogens is 6. The van der Waals surface area contributed by atoms with Crippen molar-refractivity contribution < 1.29 is 8.91 Å². The summed E-state index contributed by atoms with van der Waals surface area (Å²) in [5.74, 6) is 1.41. The van der Waals surface area contributed by atoms with E-state index >= 15 is 0 Å². The van der Waals surface area contributed by atoms with Gasteiger partial charge in [-0.1, -0.05) is 43.3 Å². The second kappa shape index (κ2) is 7.06. The molecule has 0 atom stereocenters. The summed E-state index contributed by atoms with van der Waals surface area (Å²) in [6.07, 6.45) is 0. The van der Waals surface area contributed by atoms with Crippen LogP contribution in [0.4, 0.5) is 4.39 Å². The van der Waals surface area contributed by atoms with E-state index in [2.05, 4.69) is 51.5 Å². The van der Waals surface area contributed by atoms with Crippen LogP contribution in [0.25, 0.3) is 22.8 Å². The largest absolute Gasteiger partial charge is 0.337 e. The van der Waals surface area contributed by atoms with Crippen LogP contribution in [0.1, 0.15) is 31.2 Å². The molecule has 2 heterocycles. The van der Waals surface area contributed by atoms with Crippen molar-refractivity contribution >= 4 is 0 Å². The Morgan fingerprint density at radius 2 is 1.63 bits per heavy atom. The Hall–Kier alpha value is -3.42. The van der Waals surface area contributed by atoms with Crippen molar-refractivity contribution in [1.82, 2.24) is 30.3 Å². The van der Waals surface area contributed by atoms with Crippen LogP contribution < -0.4 is 0 Å². The van der Waals surface area contributed by atoms with Crippen LogP contribution in [0.5, 0.6) is 0 Å². The molecular formula is C19H17FN6O. The predicted octanol–water partition coefficient (Wildman–Crippen LogP) is 3.70. The van der Waals surface area contributed by atoms with Gasteiger partial charge in [0.2, 0.25) is 11.6 Å². The summed E-state index contributed by atoms with van der Waals surface area (Å²) in [5.41, 5.74) is 2.82. The molecule has 0 amide bonds. The lowest BCUT2D eigenvalue weighted by molar-refractivity contribution is 0.356. The van der Waals surface area contributed by atoms with Crippen molar-refractivity contribution in [2.45, 2.75) is 26.3 Å². The van der Waals surface area contributed by atoms with Gasteiger partial charge in [-0.15, -0.1) is 10.2 Å². The van der Waals surface area contributed by atoms with Crippen molar-refractivity contribution in [1.29, 1.82) is 0 Å². The smallest absolute Gasteiger partial charge is 0.250 e. The van der Waals surface area contributed by atoms with E-state index in [9.17, 15) is 4.39 Å². The van der Waals surface area contributed by atoms with Crippen molar-refractivity contribution in [2.24, 2.45) is 0 Å². The zero-order valence-corrected chi connectivity index (χ0v) is 14.9. The molecule has 0 spiro atoms. The quantitative estimate of drug-likeness (QED) is 0.537. The average molecular weight is 364 g/mol. The van der Waals surface area contributed by atoms with Gasteiger partial charge in [0, 0.05) is 11.1 Å². The van der Waals surface area contributed by atoms with Gasteiger partial charge in [-0.2, -0.15) is 9.78 Å². The third kappa shape index (κ3) is 3.74. The summed E-state index contributed by atoms with van der Waals surface area (Å²) in [4.78, 5) is 5.69. The number of benzene rings is 2. The van der Waals surface area contributed by atoms with E-state index in [1.165, 1.54) is 22.5 Å². The number of hydrogen-bond donors (Lipinski definition) is 0. The van der Waals surface area contributed by atoms with E-state index < -0.39 is 0 Å². The van der Waals surface area contributed by atoms with E-state index in [0.29, 0.717) is 29.0 Å². The van der Waals surface area contributed by atoms with Gasteiger partial charge in [0.15, 0.2) is 0 Å². The lowest BCUT2D eigenvalue weighted by atomic mass is 10.0. The van der Waals surface area contributed by atoms with Crippen LogP contribution in [0.15, 0.2) is 53.1 Å². The Labute approximate surface area is 154 Å². The van der Waals surface area contributed by atoms with Gasteiger partial charge >= 0.3 is 0 Å². The average Bonchev–Trinajstić information content (AvgIpc) is 3.33. The Balaban J connectivity index is 1.49. The third-order valence-corrected chi connectivity index (χ3v) is 4.14. The lowest BCUT2D eigenvalue weighted by Gasteiger charge is -2.04. The monoisotopic (exact) mass is 364 g/mol. The van der Waals surface area contributed by atoms with E-state index in [1.807, 2.05) is 12.1 Å². The molecule has 0 saturated heterocycles. The summed E-state index contributed by atoms with van der Waals surface area (Å²) in [7, 11) is 0. The van der Waals surface area contributed by atoms with Gasteiger partial charge in [-0.3, -0.25) is 0 Å². The predicted molar refractivity (Wildman–Crippen MR) is 96.1 cm³/mol. The van der Waals surface area contributed by atoms with Gasteiger partial charge in [0.1, 0.15) is 12.4 Å². The summed E-state index contributed by atoms with van der Waals surface area (Å²) < 4.78 is 18.2. The van der Waals surface area contributed by atoms with Crippen LogP contribution >= 0.6 is 0 Å². The topological polar surface area (TPSA) is 82.5 Å². The summed E-state index contributed by atoms with van der Waals surface area (Å²) in [6, 6.07) is 14.0. The molecule has 8 heteroatoms. The zero-order chi connectivity index (χ0) is 18.8. The number of halogens is 1. The van der Waals surface area contributed by atoms with Gasteiger partial charge in [0.05, 0.1) is 0 Å². The van der Waals surface area contributed by atoms with Crippen molar-refractivity contribution in [3.05, 3.63) is 65.8 Å². The molecule has 0 fully saturated rings. The first-order valence-corrected chi connectivity index (χ1v) is 8.55. The highest BCUT2D eigenvalue weighted by Crippen LogP contribution is 2.20. The van der Waals surface area contributed by atoms with Gasteiger partial charge < -0.3 is 4.52 Å². The van der Waals surface area contributed by atoms with Crippen molar-refractivity contribution in [2.75, 3.05) is 0 Å². The van der Waals surface area contributed by atoms with Crippen LogP contribution in [0, 0.1) is 5.82 Å². The second-order valence-electron chi connectivity index (χ2n) is 6.44. The molecule has 0 saturated carbocycles. The van der Waals surface area contributed by atoms with E-state index in [-0.39, 0.29) is 12.4 Å². The summed E-state index contributed by atoms with van der Waals surface area (Å²) in [5, 5.41) is 16.4. The first kappa shape index (κ1) is 17.0. The maximum atomic E-state index is 13.0. The highest BCUT2D eigenvalue weighted by molar-refractivity contribution is 5.55. The summed E-state index contributed by atoms with van der Waals surface area (Å²) in [6.45, 7) is 4.49. The highest BCUT2D eigenvalue weighted by atomic mass is 19.1. The molecule has 4 aromatic rings. The molecule has 0 aliphatic carbocycles. The molecule has 0 N–H and O–H groups in total. The molecule has 0 radical (unpaired) electrons. The number of hydrogen-bond acceptors (Lipinski definition) is 6. The maximum Gasteiger partial charge on any atom is 0.250 e. The van der Waals surface area contributed by atoms with Crippen LogP contribution in [0.3, 0.4) is 0 Å². The molecule has 4 rings (SSSR count). The Bertz CT molecular complexity index is 1040. The first-order chi connectivity index (χ1) is 13.1. The minimum Gasteiger partial charge on any atom is -0.337 e. The van der Waals surface area contributed by atoms with Crippen LogP contribution in [-0.4, -0.2) is 30.3 Å². The Morgan fingerprint density at radius 1 is 0.963 bits per heavy atom. The third-order valence-electron chi connectivity index (χ3n) is 4.14. The second-order valence-corrected chi connectivity index (χ2v) is 6.44. The Morgan fingerprint density at radius 3 is 2.33 bits per heavy atom. The van der Waals surface area contributed by atoms with Crippen LogP contribution in [0.2, 0.25) is 0 Å². The highest BCUT2D eigenvalue weighted by Gasteiger charge is 2.12. The van der Waals surface area contributed by atoms with E-state index in [0.717, 1.165) is 5.56 Å². The number of tetrazole rings is 1. The molecule has 136 valence electrons. The normalized spacial score (nSPS) is 11.3. The molecule has 0 aliphatic heterocycles. The fourth-order valence-electron chi connectivity index (χ4n) is 2.60. The lowest BCUT2D eigenvalue weighted by Crippen LogP contribution is -2.04. The SMILES string of the molecule is CC(C)c1ccc(-c2nnn(Cc3nc(-c4ccc(F)cc4)no3)n2)cc1. The van der Waals surface area contributed by atoms with Gasteiger partial charge in [-0.05, 0) is 41.0 Å². The van der Waals surface area contributed by atoms with Crippen molar-refractivity contribution in [3.8, 4) is 22.8 Å². The zero-order valence-electron chi connectivity index (χ0n) is 14.9. The summed E-state index contributed by atoms with van der Waals surface area (Å²) >= 11 is 0. The molecule has 27 heavy (non-hydrogen) atoms.